The Balaban J connectivity index is 1.37. The number of likely N-dealkylation sites (tertiary alicyclic amines) is 1. The fourth-order valence-electron chi connectivity index (χ4n) is 4.12. The van der Waals surface area contributed by atoms with Crippen LogP contribution in [-0.2, 0) is 4.79 Å². The van der Waals surface area contributed by atoms with Crippen molar-refractivity contribution in [2.75, 3.05) is 25.0 Å². The van der Waals surface area contributed by atoms with Crippen LogP contribution < -0.4 is 5.32 Å². The lowest BCUT2D eigenvalue weighted by atomic mass is 9.75. The average molecular weight is 330 g/mol. The van der Waals surface area contributed by atoms with Gasteiger partial charge < -0.3 is 5.32 Å². The predicted octanol–water partition coefficient (Wildman–Crippen LogP) is 3.14. The molecule has 0 bridgehead atoms. The van der Waals surface area contributed by atoms with Crippen molar-refractivity contribution in [2.24, 2.45) is 11.8 Å². The third-order valence-corrected chi connectivity index (χ3v) is 5.85. The van der Waals surface area contributed by atoms with Crippen LogP contribution in [0.25, 0.3) is 11.0 Å². The Morgan fingerprint density at radius 3 is 3.00 bits per heavy atom. The fraction of sp³-hybridized carbons (Fsp3) is 0.588. The van der Waals surface area contributed by atoms with E-state index in [1.54, 1.807) is 0 Å². The van der Waals surface area contributed by atoms with E-state index in [-0.39, 0.29) is 5.91 Å². The number of aromatic nitrogens is 2. The largest absolute Gasteiger partial charge is 0.323 e. The number of hydrogen-bond donors (Lipinski definition) is 1. The van der Waals surface area contributed by atoms with Gasteiger partial charge in [0.15, 0.2) is 0 Å². The highest BCUT2D eigenvalue weighted by Crippen LogP contribution is 2.35. The van der Waals surface area contributed by atoms with Crippen molar-refractivity contribution in [3.63, 3.8) is 0 Å². The van der Waals surface area contributed by atoms with Gasteiger partial charge in [-0.2, -0.15) is 8.75 Å². The number of carbonyl (C=O) groups is 1. The molecule has 1 amide bonds. The van der Waals surface area contributed by atoms with Crippen LogP contribution in [0, 0.1) is 11.8 Å². The molecule has 1 saturated carbocycles. The highest BCUT2D eigenvalue weighted by molar-refractivity contribution is 7.00. The first kappa shape index (κ1) is 15.0. The summed E-state index contributed by atoms with van der Waals surface area (Å²) in [7, 11) is 0. The second-order valence-electron chi connectivity index (χ2n) is 6.81. The molecular formula is C17H22N4OS. The van der Waals surface area contributed by atoms with E-state index in [1.807, 2.05) is 18.2 Å². The monoisotopic (exact) mass is 330 g/mol. The van der Waals surface area contributed by atoms with Gasteiger partial charge in [-0.05, 0) is 43.4 Å². The minimum Gasteiger partial charge on any atom is -0.323 e. The molecule has 1 aliphatic carbocycles. The van der Waals surface area contributed by atoms with Crippen LogP contribution in [-0.4, -0.2) is 39.2 Å². The van der Waals surface area contributed by atoms with Gasteiger partial charge in [0.1, 0.15) is 11.0 Å². The molecule has 2 aromatic rings. The molecule has 2 aliphatic rings. The third-order valence-electron chi connectivity index (χ3n) is 5.30. The topological polar surface area (TPSA) is 58.1 Å². The van der Waals surface area contributed by atoms with Crippen LogP contribution in [0.4, 0.5) is 5.69 Å². The summed E-state index contributed by atoms with van der Waals surface area (Å²) in [6.45, 7) is 2.62. The van der Waals surface area contributed by atoms with Gasteiger partial charge in [0.25, 0.3) is 0 Å². The number of piperidine rings is 1. The Kier molecular flexibility index (Phi) is 4.27. The normalized spacial score (nSPS) is 25.2. The van der Waals surface area contributed by atoms with E-state index >= 15 is 0 Å². The molecule has 0 spiro atoms. The summed E-state index contributed by atoms with van der Waals surface area (Å²) in [6.07, 6.45) is 6.74. The summed E-state index contributed by atoms with van der Waals surface area (Å²) in [6, 6.07) is 5.73. The Bertz CT molecular complexity index is 701. The van der Waals surface area contributed by atoms with Crippen molar-refractivity contribution in [1.82, 2.24) is 13.6 Å². The number of rotatable bonds is 3. The highest BCUT2D eigenvalue weighted by atomic mass is 32.1. The second-order valence-corrected chi connectivity index (χ2v) is 7.34. The predicted molar refractivity (Wildman–Crippen MR) is 92.5 cm³/mol. The number of amides is 1. The Morgan fingerprint density at radius 1 is 1.22 bits per heavy atom. The van der Waals surface area contributed by atoms with Crippen molar-refractivity contribution in [1.29, 1.82) is 0 Å². The minimum atomic E-state index is 0.0553. The lowest BCUT2D eigenvalue weighted by molar-refractivity contribution is -0.118. The molecule has 2 unspecified atom stereocenters. The molecule has 1 saturated heterocycles. The summed E-state index contributed by atoms with van der Waals surface area (Å²) in [5.74, 6) is 1.76. The number of hydrogen-bond acceptors (Lipinski definition) is 5. The number of fused-ring (bicyclic) bond motifs is 2. The van der Waals surface area contributed by atoms with Gasteiger partial charge in [-0.25, -0.2) is 0 Å². The van der Waals surface area contributed by atoms with Gasteiger partial charge in [-0.3, -0.25) is 9.69 Å². The smallest absolute Gasteiger partial charge is 0.238 e. The first-order chi connectivity index (χ1) is 11.3. The number of nitrogens with one attached hydrogen (secondary N) is 1. The molecule has 2 atom stereocenters. The summed E-state index contributed by atoms with van der Waals surface area (Å²) in [5, 5.41) is 3.01. The molecule has 0 radical (unpaired) electrons. The van der Waals surface area contributed by atoms with E-state index in [2.05, 4.69) is 19.0 Å². The quantitative estimate of drug-likeness (QED) is 0.939. The van der Waals surface area contributed by atoms with Crippen molar-refractivity contribution < 1.29 is 4.79 Å². The van der Waals surface area contributed by atoms with Crippen LogP contribution in [0.15, 0.2) is 18.2 Å². The van der Waals surface area contributed by atoms with Gasteiger partial charge >= 0.3 is 0 Å². The molecule has 2 heterocycles. The summed E-state index contributed by atoms with van der Waals surface area (Å²) < 4.78 is 8.49. The van der Waals surface area contributed by atoms with Crippen molar-refractivity contribution in [3.05, 3.63) is 18.2 Å². The molecule has 1 N–H and O–H groups in total. The number of anilines is 1. The zero-order valence-electron chi connectivity index (χ0n) is 13.2. The highest BCUT2D eigenvalue weighted by Gasteiger charge is 2.31. The van der Waals surface area contributed by atoms with Gasteiger partial charge in [-0.15, -0.1) is 0 Å². The lowest BCUT2D eigenvalue weighted by Gasteiger charge is -2.41. The Morgan fingerprint density at radius 2 is 2.09 bits per heavy atom. The molecule has 1 aliphatic heterocycles. The number of benzene rings is 1. The summed E-state index contributed by atoms with van der Waals surface area (Å²) >= 11 is 1.18. The Hall–Kier alpha value is -1.53. The first-order valence-electron chi connectivity index (χ1n) is 8.53. The average Bonchev–Trinajstić information content (AvgIpc) is 3.04. The maximum atomic E-state index is 12.4. The van der Waals surface area contributed by atoms with E-state index in [0.29, 0.717) is 6.54 Å². The Labute approximate surface area is 140 Å². The van der Waals surface area contributed by atoms with Gasteiger partial charge in [0, 0.05) is 6.54 Å². The maximum Gasteiger partial charge on any atom is 0.238 e. The molecule has 6 heteroatoms. The molecule has 1 aromatic heterocycles. The van der Waals surface area contributed by atoms with E-state index in [1.165, 1.54) is 43.8 Å². The van der Waals surface area contributed by atoms with Crippen LogP contribution in [0.3, 0.4) is 0 Å². The van der Waals surface area contributed by atoms with Gasteiger partial charge in [0.2, 0.25) is 5.91 Å². The molecule has 2 fully saturated rings. The number of carbonyl (C=O) groups excluding carboxylic acids is 1. The lowest BCUT2D eigenvalue weighted by Crippen LogP contribution is -2.44. The first-order valence-corrected chi connectivity index (χ1v) is 9.26. The zero-order valence-corrected chi connectivity index (χ0v) is 14.0. The van der Waals surface area contributed by atoms with Crippen molar-refractivity contribution >= 4 is 34.4 Å². The summed E-state index contributed by atoms with van der Waals surface area (Å²) in [4.78, 5) is 14.7. The van der Waals surface area contributed by atoms with Crippen LogP contribution in [0.5, 0.6) is 0 Å². The zero-order chi connectivity index (χ0) is 15.6. The third kappa shape index (κ3) is 3.23. The summed E-state index contributed by atoms with van der Waals surface area (Å²) in [5.41, 5.74) is 2.40. The van der Waals surface area contributed by atoms with Crippen LogP contribution in [0.1, 0.15) is 32.1 Å². The standard InChI is InChI=1S/C17H22N4OS/c22-16(18-14-6-3-7-15-17(14)20-23-19-15)11-21-9-8-12-4-1-2-5-13(12)10-21/h3,6-7,12-13H,1-2,4-5,8-11H2,(H,18,22). The fourth-order valence-corrected chi connectivity index (χ4v) is 4.67. The van der Waals surface area contributed by atoms with Crippen LogP contribution >= 0.6 is 11.7 Å². The number of nitrogens with zero attached hydrogens (tertiary/aromatic N) is 3. The molecular weight excluding hydrogens is 308 g/mol. The second kappa shape index (κ2) is 6.53. The molecule has 122 valence electrons. The minimum absolute atomic E-state index is 0.0553. The van der Waals surface area contributed by atoms with Crippen molar-refractivity contribution in [2.45, 2.75) is 32.1 Å². The van der Waals surface area contributed by atoms with E-state index < -0.39 is 0 Å². The molecule has 23 heavy (non-hydrogen) atoms. The maximum absolute atomic E-state index is 12.4. The van der Waals surface area contributed by atoms with Gasteiger partial charge in [-0.1, -0.05) is 25.3 Å². The molecule has 4 rings (SSSR count). The molecule has 1 aromatic carbocycles. The van der Waals surface area contributed by atoms with Crippen LogP contribution in [0.2, 0.25) is 0 Å². The van der Waals surface area contributed by atoms with Crippen molar-refractivity contribution in [3.8, 4) is 0 Å². The van der Waals surface area contributed by atoms with E-state index in [0.717, 1.165) is 41.6 Å². The van der Waals surface area contributed by atoms with E-state index in [9.17, 15) is 4.79 Å². The van der Waals surface area contributed by atoms with Gasteiger partial charge in [0.05, 0.1) is 24.0 Å². The SMILES string of the molecule is O=C(CN1CCC2CCCCC2C1)Nc1cccc2nsnc12. The molecule has 5 nitrogen and oxygen atoms in total. The van der Waals surface area contributed by atoms with E-state index in [4.69, 9.17) is 0 Å².